The fourth-order valence-electron chi connectivity index (χ4n) is 9.09. The Bertz CT molecular complexity index is 847. The van der Waals surface area contributed by atoms with Gasteiger partial charge in [0.05, 0.1) is 11.7 Å². The maximum absolute atomic E-state index is 13.0. The van der Waals surface area contributed by atoms with Crippen LogP contribution >= 0.6 is 0 Å². The van der Waals surface area contributed by atoms with Crippen molar-refractivity contribution in [2.24, 2.45) is 46.3 Å². The van der Waals surface area contributed by atoms with Crippen LogP contribution in [0.15, 0.2) is 24.5 Å². The molecule has 0 saturated heterocycles. The number of pyridine rings is 1. The van der Waals surface area contributed by atoms with Gasteiger partial charge in [-0.05, 0) is 117 Å². The molecule has 0 bridgehead atoms. The Morgan fingerprint density at radius 2 is 1.88 bits per heavy atom. The van der Waals surface area contributed by atoms with Crippen LogP contribution in [0.1, 0.15) is 88.9 Å². The summed E-state index contributed by atoms with van der Waals surface area (Å²) in [5.74, 6) is 9.78. The lowest BCUT2D eigenvalue weighted by molar-refractivity contribution is -0.129. The number of fused-ring (bicyclic) bond motifs is 5. The second-order valence-corrected chi connectivity index (χ2v) is 12.0. The SMILES string of the molecule is CC([C@H]1CC[C@H]2[C@@H]3CC[C@H]4C[C@@H](O)CC[C@]4(C)[C@H]3CC[C@]12C)N(N)C(=O)c1cccnc1. The van der Waals surface area contributed by atoms with E-state index in [2.05, 4.69) is 25.8 Å². The van der Waals surface area contributed by atoms with Crippen molar-refractivity contribution in [1.82, 2.24) is 9.99 Å². The smallest absolute Gasteiger partial charge is 0.269 e. The fourth-order valence-corrected chi connectivity index (χ4v) is 9.09. The van der Waals surface area contributed by atoms with Gasteiger partial charge in [0.2, 0.25) is 0 Å². The standard InChI is InChI=1S/C27H41N3O2/c1-17(30(28)25(32)18-5-4-14-29-16-18)22-8-9-23-21-7-6-19-15-20(31)10-12-26(19,2)24(21)11-13-27(22,23)3/h4-5,14,16-17,19-24,31H,6-13,15,28H2,1-3H3/t17?,19-,20-,21-,22+,23-,24-,26-,27+/m0/s1. The molecule has 1 unspecified atom stereocenters. The molecule has 4 aliphatic carbocycles. The number of amides is 1. The monoisotopic (exact) mass is 439 g/mol. The third-order valence-corrected chi connectivity index (χ3v) is 10.9. The van der Waals surface area contributed by atoms with Gasteiger partial charge in [0, 0.05) is 18.4 Å². The summed E-state index contributed by atoms with van der Waals surface area (Å²) in [7, 11) is 0. The molecule has 5 rings (SSSR count). The Morgan fingerprint density at radius 1 is 1.12 bits per heavy atom. The molecular formula is C27H41N3O2. The van der Waals surface area contributed by atoms with Crippen molar-refractivity contribution in [2.45, 2.75) is 90.7 Å². The minimum absolute atomic E-state index is 0.0195. The summed E-state index contributed by atoms with van der Waals surface area (Å²) >= 11 is 0. The Balaban J connectivity index is 1.34. The van der Waals surface area contributed by atoms with E-state index in [9.17, 15) is 9.90 Å². The number of hydrogen-bond donors (Lipinski definition) is 2. The number of hydrogen-bond acceptors (Lipinski definition) is 4. The molecule has 4 aliphatic rings. The zero-order valence-electron chi connectivity index (χ0n) is 20.0. The Hall–Kier alpha value is -1.46. The van der Waals surface area contributed by atoms with Crippen molar-refractivity contribution in [3.8, 4) is 0 Å². The average Bonchev–Trinajstić information content (AvgIpc) is 3.16. The van der Waals surface area contributed by atoms with Crippen LogP contribution in [0.3, 0.4) is 0 Å². The molecule has 4 saturated carbocycles. The first-order valence-electron chi connectivity index (χ1n) is 12.9. The highest BCUT2D eigenvalue weighted by atomic mass is 16.3. The normalized spacial score (nSPS) is 44.2. The number of rotatable bonds is 3. The maximum Gasteiger partial charge on any atom is 0.269 e. The molecule has 1 heterocycles. The topological polar surface area (TPSA) is 79.5 Å². The van der Waals surface area contributed by atoms with Crippen molar-refractivity contribution in [1.29, 1.82) is 0 Å². The molecular weight excluding hydrogens is 398 g/mol. The lowest BCUT2D eigenvalue weighted by Gasteiger charge is -2.61. The van der Waals surface area contributed by atoms with Crippen molar-refractivity contribution < 1.29 is 9.90 Å². The van der Waals surface area contributed by atoms with Gasteiger partial charge in [-0.2, -0.15) is 0 Å². The van der Waals surface area contributed by atoms with Crippen molar-refractivity contribution >= 4 is 5.91 Å². The van der Waals surface area contributed by atoms with Gasteiger partial charge < -0.3 is 5.11 Å². The minimum Gasteiger partial charge on any atom is -0.393 e. The zero-order valence-corrected chi connectivity index (χ0v) is 20.0. The van der Waals surface area contributed by atoms with E-state index in [1.807, 2.05) is 0 Å². The molecule has 5 heteroatoms. The zero-order chi connectivity index (χ0) is 22.7. The predicted octanol–water partition coefficient (Wildman–Crippen LogP) is 4.81. The lowest BCUT2D eigenvalue weighted by atomic mass is 9.44. The minimum atomic E-state index is -0.125. The van der Waals surface area contributed by atoms with E-state index in [-0.39, 0.29) is 23.5 Å². The van der Waals surface area contributed by atoms with Crippen LogP contribution in [0.5, 0.6) is 0 Å². The molecule has 0 spiro atoms. The summed E-state index contributed by atoms with van der Waals surface area (Å²) in [5.41, 5.74) is 1.23. The van der Waals surface area contributed by atoms with E-state index in [4.69, 9.17) is 5.84 Å². The summed E-state index contributed by atoms with van der Waals surface area (Å²) in [6, 6.07) is 3.61. The molecule has 3 N–H and O–H groups in total. The van der Waals surface area contributed by atoms with E-state index >= 15 is 0 Å². The first kappa shape index (κ1) is 22.3. The lowest BCUT2D eigenvalue weighted by Crippen LogP contribution is -2.56. The summed E-state index contributed by atoms with van der Waals surface area (Å²) in [6.45, 7) is 7.20. The summed E-state index contributed by atoms with van der Waals surface area (Å²) in [5, 5.41) is 11.8. The van der Waals surface area contributed by atoms with Gasteiger partial charge in [0.25, 0.3) is 5.91 Å². The molecule has 9 atom stereocenters. The van der Waals surface area contributed by atoms with Crippen LogP contribution < -0.4 is 5.84 Å². The van der Waals surface area contributed by atoms with Crippen molar-refractivity contribution in [3.63, 3.8) is 0 Å². The van der Waals surface area contributed by atoms with Gasteiger partial charge in [-0.25, -0.2) is 5.84 Å². The van der Waals surface area contributed by atoms with Gasteiger partial charge in [0.1, 0.15) is 0 Å². The second kappa shape index (κ2) is 8.09. The summed E-state index contributed by atoms with van der Waals surface area (Å²) in [6.07, 6.45) is 14.0. The fraction of sp³-hybridized carbons (Fsp3) is 0.778. The van der Waals surface area contributed by atoms with E-state index in [1.165, 1.54) is 50.0 Å². The van der Waals surface area contributed by atoms with Crippen LogP contribution in [0.25, 0.3) is 0 Å². The number of aliphatic hydroxyl groups is 1. The van der Waals surface area contributed by atoms with Gasteiger partial charge in [-0.15, -0.1) is 0 Å². The van der Waals surface area contributed by atoms with Crippen LogP contribution in [-0.4, -0.2) is 33.2 Å². The molecule has 5 nitrogen and oxygen atoms in total. The molecule has 1 aromatic rings. The number of aromatic nitrogens is 1. The highest BCUT2D eigenvalue weighted by Crippen LogP contribution is 2.67. The summed E-state index contributed by atoms with van der Waals surface area (Å²) < 4.78 is 0. The van der Waals surface area contributed by atoms with E-state index < -0.39 is 0 Å². The van der Waals surface area contributed by atoms with E-state index in [1.54, 1.807) is 24.5 Å². The van der Waals surface area contributed by atoms with Crippen LogP contribution in [0.4, 0.5) is 0 Å². The van der Waals surface area contributed by atoms with Crippen molar-refractivity contribution in [3.05, 3.63) is 30.1 Å². The van der Waals surface area contributed by atoms with Crippen LogP contribution in [0.2, 0.25) is 0 Å². The number of aliphatic hydroxyl groups excluding tert-OH is 1. The quantitative estimate of drug-likeness (QED) is 0.403. The number of nitrogens with zero attached hydrogens (tertiary/aromatic N) is 2. The molecule has 0 aliphatic heterocycles. The number of carbonyl (C=O) groups is 1. The van der Waals surface area contributed by atoms with Gasteiger partial charge in [-0.1, -0.05) is 13.8 Å². The highest BCUT2D eigenvalue weighted by Gasteiger charge is 2.61. The largest absolute Gasteiger partial charge is 0.393 e. The first-order chi connectivity index (χ1) is 15.3. The van der Waals surface area contributed by atoms with Crippen LogP contribution in [-0.2, 0) is 0 Å². The number of nitrogens with two attached hydrogens (primary N) is 1. The molecule has 1 amide bonds. The van der Waals surface area contributed by atoms with Crippen LogP contribution in [0, 0.1) is 40.4 Å². The Labute approximate surface area is 193 Å². The number of hydrazine groups is 1. The third kappa shape index (κ3) is 3.34. The third-order valence-electron chi connectivity index (χ3n) is 10.9. The van der Waals surface area contributed by atoms with E-state index in [0.717, 1.165) is 30.6 Å². The molecule has 4 fully saturated rings. The predicted molar refractivity (Wildman–Crippen MR) is 125 cm³/mol. The van der Waals surface area contributed by atoms with Crippen molar-refractivity contribution in [2.75, 3.05) is 0 Å². The first-order valence-corrected chi connectivity index (χ1v) is 12.9. The van der Waals surface area contributed by atoms with Gasteiger partial charge >= 0.3 is 0 Å². The number of carbonyl (C=O) groups excluding carboxylic acids is 1. The molecule has 0 aromatic carbocycles. The van der Waals surface area contributed by atoms with Gasteiger partial charge in [-0.3, -0.25) is 14.8 Å². The van der Waals surface area contributed by atoms with Gasteiger partial charge in [0.15, 0.2) is 0 Å². The Kier molecular flexibility index (Phi) is 5.65. The Morgan fingerprint density at radius 3 is 2.62 bits per heavy atom. The molecule has 32 heavy (non-hydrogen) atoms. The molecule has 1 aromatic heterocycles. The molecule has 176 valence electrons. The average molecular weight is 440 g/mol. The maximum atomic E-state index is 13.0. The van der Waals surface area contributed by atoms with E-state index in [0.29, 0.717) is 22.8 Å². The second-order valence-electron chi connectivity index (χ2n) is 12.0. The molecule has 0 radical (unpaired) electrons. The highest BCUT2D eigenvalue weighted by molar-refractivity contribution is 5.93. The summed E-state index contributed by atoms with van der Waals surface area (Å²) in [4.78, 5) is 17.1.